The molecule has 154 valence electrons. The molecule has 1 aromatic heterocycles. The Bertz CT molecular complexity index is 894. The summed E-state index contributed by atoms with van der Waals surface area (Å²) in [5.41, 5.74) is 1.88. The zero-order valence-corrected chi connectivity index (χ0v) is 18.3. The number of benzene rings is 1. The molecule has 0 bridgehead atoms. The summed E-state index contributed by atoms with van der Waals surface area (Å²) in [6.45, 7) is 6.13. The summed E-state index contributed by atoms with van der Waals surface area (Å²) in [6.07, 6.45) is 1.74. The summed E-state index contributed by atoms with van der Waals surface area (Å²) in [6, 6.07) is 7.71. The van der Waals surface area contributed by atoms with E-state index in [1.807, 2.05) is 25.3 Å². The van der Waals surface area contributed by atoms with Crippen LogP contribution in [0.2, 0.25) is 0 Å². The molecule has 0 aliphatic rings. The summed E-state index contributed by atoms with van der Waals surface area (Å²) in [5, 5.41) is 1.97. The maximum absolute atomic E-state index is 13.2. The van der Waals surface area contributed by atoms with Crippen molar-refractivity contribution in [2.75, 3.05) is 12.8 Å². The number of carbonyl (C=O) groups excluding carboxylic acids is 1. The van der Waals surface area contributed by atoms with Crippen LogP contribution in [0.3, 0.4) is 0 Å². The molecule has 0 radical (unpaired) electrons. The van der Waals surface area contributed by atoms with Gasteiger partial charge in [-0.15, -0.1) is 11.3 Å². The minimum Gasteiger partial charge on any atom is -0.332 e. The van der Waals surface area contributed by atoms with Gasteiger partial charge in [-0.25, -0.2) is 12.8 Å². The van der Waals surface area contributed by atoms with Crippen LogP contribution in [0.25, 0.3) is 0 Å². The second kappa shape index (κ2) is 9.62. The van der Waals surface area contributed by atoms with E-state index in [2.05, 4.69) is 0 Å². The van der Waals surface area contributed by atoms with E-state index in [0.29, 0.717) is 13.0 Å². The molecule has 0 saturated heterocycles. The van der Waals surface area contributed by atoms with Gasteiger partial charge in [0.25, 0.3) is 0 Å². The molecular formula is C20H27FN2O3S2. The summed E-state index contributed by atoms with van der Waals surface area (Å²) in [5.74, 6) is -0.612. The predicted molar refractivity (Wildman–Crippen MR) is 111 cm³/mol. The second-order valence-electron chi connectivity index (χ2n) is 6.97. The number of carbonyl (C=O) groups is 1. The normalized spacial score (nSPS) is 12.9. The highest BCUT2D eigenvalue weighted by atomic mass is 32.2. The highest BCUT2D eigenvalue weighted by Gasteiger charge is 2.27. The van der Waals surface area contributed by atoms with Crippen LogP contribution in [-0.2, 0) is 27.9 Å². The molecule has 1 amide bonds. The third kappa shape index (κ3) is 6.12. The number of amides is 1. The van der Waals surface area contributed by atoms with Crippen LogP contribution < -0.4 is 0 Å². The van der Waals surface area contributed by atoms with Crippen molar-refractivity contribution in [1.82, 2.24) is 9.21 Å². The van der Waals surface area contributed by atoms with Crippen LogP contribution >= 0.6 is 11.3 Å². The lowest BCUT2D eigenvalue weighted by atomic mass is 10.2. The van der Waals surface area contributed by atoms with Gasteiger partial charge in [0.2, 0.25) is 15.9 Å². The van der Waals surface area contributed by atoms with Crippen LogP contribution in [-0.4, -0.2) is 42.4 Å². The number of halogens is 1. The SMILES string of the molecule is CCC(C)N(CC(=O)N(Cc1ccc(F)cc1)Cc1sccc1C)S(C)(=O)=O. The first-order valence-electron chi connectivity index (χ1n) is 9.13. The van der Waals surface area contributed by atoms with Gasteiger partial charge in [-0.1, -0.05) is 19.1 Å². The Morgan fingerprint density at radius 1 is 1.18 bits per heavy atom. The van der Waals surface area contributed by atoms with E-state index in [9.17, 15) is 17.6 Å². The number of sulfonamides is 1. The average molecular weight is 427 g/mol. The van der Waals surface area contributed by atoms with Crippen molar-refractivity contribution in [1.29, 1.82) is 0 Å². The number of rotatable bonds is 9. The Labute approximate surface area is 170 Å². The Hall–Kier alpha value is -1.77. The van der Waals surface area contributed by atoms with E-state index in [-0.39, 0.29) is 30.9 Å². The van der Waals surface area contributed by atoms with Crippen LogP contribution in [0.4, 0.5) is 4.39 Å². The Kier molecular flexibility index (Phi) is 7.74. The highest BCUT2D eigenvalue weighted by Crippen LogP contribution is 2.20. The Balaban J connectivity index is 2.26. The molecule has 0 saturated carbocycles. The van der Waals surface area contributed by atoms with Crippen molar-refractivity contribution >= 4 is 27.3 Å². The maximum Gasteiger partial charge on any atom is 0.238 e. The molecule has 0 spiro atoms. The fourth-order valence-corrected chi connectivity index (χ4v) is 4.89. The zero-order valence-electron chi connectivity index (χ0n) is 16.7. The van der Waals surface area contributed by atoms with Gasteiger partial charge in [0.15, 0.2) is 0 Å². The van der Waals surface area contributed by atoms with E-state index in [1.165, 1.54) is 16.4 Å². The Morgan fingerprint density at radius 3 is 2.32 bits per heavy atom. The minimum atomic E-state index is -3.51. The molecule has 8 heteroatoms. The lowest BCUT2D eigenvalue weighted by Gasteiger charge is -2.29. The highest BCUT2D eigenvalue weighted by molar-refractivity contribution is 7.88. The van der Waals surface area contributed by atoms with E-state index in [0.717, 1.165) is 22.3 Å². The van der Waals surface area contributed by atoms with Gasteiger partial charge in [0.1, 0.15) is 5.82 Å². The standard InChI is InChI=1S/C20H27FN2O3S2/c1-5-16(3)23(28(4,25)26)14-20(24)22(13-19-15(2)10-11-27-19)12-17-6-8-18(21)9-7-17/h6-11,16H,5,12-14H2,1-4H3. The summed E-state index contributed by atoms with van der Waals surface area (Å²) in [7, 11) is -3.51. The molecule has 2 rings (SSSR count). The predicted octanol–water partition coefficient (Wildman–Crippen LogP) is 3.78. The number of thiophene rings is 1. The number of hydrogen-bond donors (Lipinski definition) is 0. The molecular weight excluding hydrogens is 399 g/mol. The summed E-state index contributed by atoms with van der Waals surface area (Å²) < 4.78 is 38.8. The first-order valence-corrected chi connectivity index (χ1v) is 11.9. The van der Waals surface area contributed by atoms with Gasteiger partial charge in [0.05, 0.1) is 19.3 Å². The van der Waals surface area contributed by atoms with Crippen LogP contribution in [0.15, 0.2) is 35.7 Å². The van der Waals surface area contributed by atoms with Crippen LogP contribution in [0.1, 0.15) is 36.3 Å². The number of hydrogen-bond acceptors (Lipinski definition) is 4. The van der Waals surface area contributed by atoms with Crippen molar-refractivity contribution in [3.05, 3.63) is 57.5 Å². The smallest absolute Gasteiger partial charge is 0.238 e. The number of nitrogens with zero attached hydrogens (tertiary/aromatic N) is 2. The molecule has 0 aliphatic heterocycles. The van der Waals surface area contributed by atoms with Crippen molar-refractivity contribution in [3.8, 4) is 0 Å². The van der Waals surface area contributed by atoms with Crippen molar-refractivity contribution in [2.24, 2.45) is 0 Å². The third-order valence-corrected chi connectivity index (χ3v) is 7.09. The quantitative estimate of drug-likeness (QED) is 0.613. The molecule has 1 atom stereocenters. The van der Waals surface area contributed by atoms with Gasteiger partial charge < -0.3 is 4.90 Å². The van der Waals surface area contributed by atoms with Gasteiger partial charge >= 0.3 is 0 Å². The molecule has 28 heavy (non-hydrogen) atoms. The zero-order chi connectivity index (χ0) is 20.9. The topological polar surface area (TPSA) is 57.7 Å². The van der Waals surface area contributed by atoms with E-state index in [1.54, 1.807) is 35.3 Å². The first kappa shape index (κ1) is 22.5. The van der Waals surface area contributed by atoms with Crippen molar-refractivity contribution in [2.45, 2.75) is 46.3 Å². The number of aryl methyl sites for hydroxylation is 1. The molecule has 2 aromatic rings. The van der Waals surface area contributed by atoms with E-state index < -0.39 is 10.0 Å². The lowest BCUT2D eigenvalue weighted by Crippen LogP contribution is -2.45. The monoisotopic (exact) mass is 426 g/mol. The molecule has 0 fully saturated rings. The van der Waals surface area contributed by atoms with Gasteiger partial charge in [-0.3, -0.25) is 4.79 Å². The van der Waals surface area contributed by atoms with E-state index in [4.69, 9.17) is 0 Å². The van der Waals surface area contributed by atoms with Gasteiger partial charge in [0, 0.05) is 17.5 Å². The Morgan fingerprint density at radius 2 is 1.82 bits per heavy atom. The molecule has 0 aliphatic carbocycles. The van der Waals surface area contributed by atoms with Gasteiger partial charge in [-0.2, -0.15) is 4.31 Å². The van der Waals surface area contributed by atoms with Crippen molar-refractivity contribution < 1.29 is 17.6 Å². The van der Waals surface area contributed by atoms with Crippen LogP contribution in [0.5, 0.6) is 0 Å². The third-order valence-electron chi connectivity index (χ3n) is 4.74. The first-order chi connectivity index (χ1) is 13.1. The molecule has 1 aromatic carbocycles. The van der Waals surface area contributed by atoms with Crippen LogP contribution in [0, 0.1) is 12.7 Å². The molecule has 0 N–H and O–H groups in total. The van der Waals surface area contributed by atoms with Crippen molar-refractivity contribution in [3.63, 3.8) is 0 Å². The van der Waals surface area contributed by atoms with E-state index >= 15 is 0 Å². The second-order valence-corrected chi connectivity index (χ2v) is 9.90. The minimum absolute atomic E-state index is 0.209. The molecule has 1 unspecified atom stereocenters. The molecule has 5 nitrogen and oxygen atoms in total. The lowest BCUT2D eigenvalue weighted by molar-refractivity contribution is -0.133. The molecule has 1 heterocycles. The summed E-state index contributed by atoms with van der Waals surface area (Å²) in [4.78, 5) is 15.8. The van der Waals surface area contributed by atoms with Gasteiger partial charge in [-0.05, 0) is 55.0 Å². The summed E-state index contributed by atoms with van der Waals surface area (Å²) >= 11 is 1.56. The fourth-order valence-electron chi connectivity index (χ4n) is 2.82. The largest absolute Gasteiger partial charge is 0.332 e. The maximum atomic E-state index is 13.2. The fraction of sp³-hybridized carbons (Fsp3) is 0.450. The average Bonchev–Trinajstić information content (AvgIpc) is 3.03.